The number of Topliss-reactive ketones (excluding diaryl/α,β-unsaturated/α-hetero) is 1. The Balaban J connectivity index is 1.45. The normalized spacial score (nSPS) is 15.2. The molecule has 3 heterocycles. The van der Waals surface area contributed by atoms with Crippen molar-refractivity contribution >= 4 is 17.5 Å². The summed E-state index contributed by atoms with van der Waals surface area (Å²) in [5.74, 6) is -0.703. The molecule has 0 saturated carbocycles. The summed E-state index contributed by atoms with van der Waals surface area (Å²) >= 11 is 0. The average Bonchev–Trinajstić information content (AvgIpc) is 3.38. The number of benzene rings is 1. The van der Waals surface area contributed by atoms with Gasteiger partial charge in [-0.1, -0.05) is 18.2 Å². The maximum absolute atomic E-state index is 13.3. The first kappa shape index (κ1) is 21.7. The van der Waals surface area contributed by atoms with E-state index in [1.807, 2.05) is 0 Å². The highest BCUT2D eigenvalue weighted by atomic mass is 19.4. The summed E-state index contributed by atoms with van der Waals surface area (Å²) < 4.78 is 46.8. The Morgan fingerprint density at radius 3 is 2.44 bits per heavy atom. The van der Waals surface area contributed by atoms with Crippen LogP contribution in [0, 0.1) is 5.92 Å². The van der Waals surface area contributed by atoms with Crippen LogP contribution in [0.1, 0.15) is 39.3 Å². The molecule has 0 spiro atoms. The average molecular weight is 446 g/mol. The molecule has 1 fully saturated rings. The molecule has 2 N–H and O–H groups in total. The number of hydrogen-bond acceptors (Lipinski definition) is 5. The van der Waals surface area contributed by atoms with E-state index in [0.717, 1.165) is 6.07 Å². The van der Waals surface area contributed by atoms with Gasteiger partial charge in [-0.2, -0.15) is 18.3 Å². The number of anilines is 1. The minimum Gasteiger partial charge on any atom is -0.451 e. The third kappa shape index (κ3) is 4.12. The molecular formula is C22H21F3N4O3. The molecule has 1 aliphatic heterocycles. The van der Waals surface area contributed by atoms with Crippen molar-refractivity contribution in [1.82, 2.24) is 14.7 Å². The number of amides is 1. The van der Waals surface area contributed by atoms with Gasteiger partial charge >= 0.3 is 6.18 Å². The largest absolute Gasteiger partial charge is 0.451 e. The Kier molecular flexibility index (Phi) is 5.53. The number of nitrogens with two attached hydrogens (primary N) is 1. The summed E-state index contributed by atoms with van der Waals surface area (Å²) in [6.07, 6.45) is -2.06. The number of piperidine rings is 1. The zero-order valence-electron chi connectivity index (χ0n) is 17.2. The number of aryl methyl sites for hydroxylation is 1. The van der Waals surface area contributed by atoms with E-state index in [-0.39, 0.29) is 34.6 Å². The van der Waals surface area contributed by atoms with Gasteiger partial charge in [0.15, 0.2) is 17.4 Å². The number of hydrogen-bond donors (Lipinski definition) is 1. The first-order valence-electron chi connectivity index (χ1n) is 10.0. The fourth-order valence-electron chi connectivity index (χ4n) is 3.96. The molecule has 10 heteroatoms. The minimum atomic E-state index is -4.54. The highest BCUT2D eigenvalue weighted by molar-refractivity contribution is 6.01. The van der Waals surface area contributed by atoms with Crippen LogP contribution in [0.5, 0.6) is 0 Å². The Bertz CT molecular complexity index is 1160. The molecule has 32 heavy (non-hydrogen) atoms. The van der Waals surface area contributed by atoms with Crippen molar-refractivity contribution in [2.45, 2.75) is 19.0 Å². The number of ketones is 1. The molecule has 0 unspecified atom stereocenters. The van der Waals surface area contributed by atoms with Gasteiger partial charge in [-0.05, 0) is 31.0 Å². The first-order chi connectivity index (χ1) is 15.1. The van der Waals surface area contributed by atoms with E-state index >= 15 is 0 Å². The number of rotatable bonds is 4. The number of alkyl halides is 3. The smallest absolute Gasteiger partial charge is 0.417 e. The van der Waals surface area contributed by atoms with Gasteiger partial charge < -0.3 is 15.1 Å². The first-order valence-corrected chi connectivity index (χ1v) is 10.0. The maximum atomic E-state index is 13.3. The second-order valence-electron chi connectivity index (χ2n) is 7.74. The standard InChI is InChI=1S/C22H21F3N4O3/c1-28-12-15(20(26)27-28)19(30)13-8-10-29(11-9-13)21(31)18-7-6-17(32-18)14-4-2-3-5-16(14)22(23,24)25/h2-7,12-13H,8-11H2,1H3,(H2,26,27). The SMILES string of the molecule is Cn1cc(C(=O)C2CCN(C(=O)c3ccc(-c4ccccc4C(F)(F)F)o3)CC2)c(N)n1. The van der Waals surface area contributed by atoms with Crippen LogP contribution in [-0.2, 0) is 13.2 Å². The summed E-state index contributed by atoms with van der Waals surface area (Å²) in [6, 6.07) is 7.78. The highest BCUT2D eigenvalue weighted by Gasteiger charge is 2.35. The molecule has 4 rings (SSSR count). The van der Waals surface area contributed by atoms with E-state index in [9.17, 15) is 22.8 Å². The van der Waals surface area contributed by atoms with Crippen LogP contribution >= 0.6 is 0 Å². The molecule has 0 bridgehead atoms. The minimum absolute atomic E-state index is 0.0293. The van der Waals surface area contributed by atoms with Crippen LogP contribution in [-0.4, -0.2) is 39.5 Å². The molecule has 168 valence electrons. The summed E-state index contributed by atoms with van der Waals surface area (Å²) in [5, 5.41) is 3.98. The van der Waals surface area contributed by atoms with Crippen LogP contribution in [0.25, 0.3) is 11.3 Å². The number of likely N-dealkylation sites (tertiary alicyclic amines) is 1. The lowest BCUT2D eigenvalue weighted by molar-refractivity contribution is -0.137. The Morgan fingerprint density at radius 1 is 1.12 bits per heavy atom. The van der Waals surface area contributed by atoms with Crippen LogP contribution < -0.4 is 5.73 Å². The van der Waals surface area contributed by atoms with E-state index in [4.69, 9.17) is 10.2 Å². The topological polar surface area (TPSA) is 94.4 Å². The zero-order valence-corrected chi connectivity index (χ0v) is 17.2. The van der Waals surface area contributed by atoms with Gasteiger partial charge in [0.1, 0.15) is 5.76 Å². The molecule has 1 amide bonds. The molecule has 0 radical (unpaired) electrons. The van der Waals surface area contributed by atoms with Gasteiger partial charge in [-0.15, -0.1) is 0 Å². The molecule has 0 atom stereocenters. The predicted molar refractivity (Wildman–Crippen MR) is 110 cm³/mol. The van der Waals surface area contributed by atoms with Crippen LogP contribution in [0.3, 0.4) is 0 Å². The molecule has 1 aromatic carbocycles. The number of nitrogen functional groups attached to an aromatic ring is 1. The van der Waals surface area contributed by atoms with Crippen molar-refractivity contribution < 1.29 is 27.2 Å². The molecule has 3 aromatic rings. The van der Waals surface area contributed by atoms with Crippen molar-refractivity contribution in [2.75, 3.05) is 18.8 Å². The van der Waals surface area contributed by atoms with Crippen LogP contribution in [0.15, 0.2) is 47.0 Å². The van der Waals surface area contributed by atoms with Crippen molar-refractivity contribution in [2.24, 2.45) is 13.0 Å². The van der Waals surface area contributed by atoms with E-state index in [1.165, 1.54) is 39.9 Å². The van der Waals surface area contributed by atoms with E-state index in [2.05, 4.69) is 5.10 Å². The molecule has 7 nitrogen and oxygen atoms in total. The molecule has 2 aromatic heterocycles. The second kappa shape index (κ2) is 8.18. The molecule has 1 saturated heterocycles. The summed E-state index contributed by atoms with van der Waals surface area (Å²) in [4.78, 5) is 27.1. The Morgan fingerprint density at radius 2 is 1.81 bits per heavy atom. The van der Waals surface area contributed by atoms with Crippen molar-refractivity contribution in [3.05, 3.63) is 59.5 Å². The van der Waals surface area contributed by atoms with Crippen molar-refractivity contribution in [1.29, 1.82) is 0 Å². The third-order valence-electron chi connectivity index (χ3n) is 5.59. The second-order valence-corrected chi connectivity index (χ2v) is 7.74. The third-order valence-corrected chi connectivity index (χ3v) is 5.59. The fraction of sp³-hybridized carbons (Fsp3) is 0.318. The number of halogens is 3. The molecular weight excluding hydrogens is 425 g/mol. The lowest BCUT2D eigenvalue weighted by atomic mass is 9.89. The van der Waals surface area contributed by atoms with Gasteiger partial charge in [0.2, 0.25) is 0 Å². The lowest BCUT2D eigenvalue weighted by Gasteiger charge is -2.30. The van der Waals surface area contributed by atoms with Gasteiger partial charge in [0.05, 0.1) is 11.1 Å². The summed E-state index contributed by atoms with van der Waals surface area (Å²) in [7, 11) is 1.68. The van der Waals surface area contributed by atoms with Gasteiger partial charge in [-0.25, -0.2) is 0 Å². The predicted octanol–water partition coefficient (Wildman–Crippen LogP) is 4.02. The molecule has 0 aliphatic carbocycles. The van der Waals surface area contributed by atoms with Crippen molar-refractivity contribution in [3.8, 4) is 11.3 Å². The Hall–Kier alpha value is -3.56. The zero-order chi connectivity index (χ0) is 23.0. The number of nitrogens with zero attached hydrogens (tertiary/aromatic N) is 3. The van der Waals surface area contributed by atoms with Crippen LogP contribution in [0.4, 0.5) is 19.0 Å². The van der Waals surface area contributed by atoms with Gasteiger partial charge in [0, 0.05) is 37.8 Å². The summed E-state index contributed by atoms with van der Waals surface area (Å²) in [6.45, 7) is 0.648. The van der Waals surface area contributed by atoms with E-state index in [0.29, 0.717) is 31.5 Å². The van der Waals surface area contributed by atoms with E-state index in [1.54, 1.807) is 13.2 Å². The molecule has 1 aliphatic rings. The maximum Gasteiger partial charge on any atom is 0.417 e. The van der Waals surface area contributed by atoms with Crippen molar-refractivity contribution in [3.63, 3.8) is 0 Å². The number of furan rings is 1. The van der Waals surface area contributed by atoms with E-state index < -0.39 is 17.6 Å². The van der Waals surface area contributed by atoms with Gasteiger partial charge in [-0.3, -0.25) is 14.3 Å². The fourth-order valence-corrected chi connectivity index (χ4v) is 3.96. The van der Waals surface area contributed by atoms with Gasteiger partial charge in [0.25, 0.3) is 5.91 Å². The number of carbonyl (C=O) groups excluding carboxylic acids is 2. The monoisotopic (exact) mass is 446 g/mol. The quantitative estimate of drug-likeness (QED) is 0.611. The Labute approximate surface area is 181 Å². The van der Waals surface area contributed by atoms with Crippen LogP contribution in [0.2, 0.25) is 0 Å². The highest BCUT2D eigenvalue weighted by Crippen LogP contribution is 2.37. The lowest BCUT2D eigenvalue weighted by Crippen LogP contribution is -2.40. The number of carbonyl (C=O) groups is 2. The number of aromatic nitrogens is 2. The summed E-state index contributed by atoms with van der Waals surface area (Å²) in [5.41, 5.74) is 5.20.